The van der Waals surface area contributed by atoms with Crippen LogP contribution in [0.25, 0.3) is 5.65 Å². The van der Waals surface area contributed by atoms with E-state index in [1.54, 1.807) is 12.4 Å². The Morgan fingerprint density at radius 1 is 1.23 bits per heavy atom. The van der Waals surface area contributed by atoms with Crippen LogP contribution in [0.2, 0.25) is 0 Å². The van der Waals surface area contributed by atoms with Gasteiger partial charge in [-0.2, -0.15) is 0 Å². The molecule has 0 aromatic carbocycles. The van der Waals surface area contributed by atoms with Crippen LogP contribution in [0.1, 0.15) is 29.3 Å². The van der Waals surface area contributed by atoms with Crippen molar-refractivity contribution in [2.24, 2.45) is 5.92 Å². The van der Waals surface area contributed by atoms with Crippen LogP contribution >= 0.6 is 0 Å². The molecule has 0 unspecified atom stereocenters. The molecule has 1 aliphatic heterocycles. The second kappa shape index (κ2) is 6.88. The molecule has 3 aromatic heterocycles. The van der Waals surface area contributed by atoms with E-state index in [2.05, 4.69) is 38.9 Å². The van der Waals surface area contributed by atoms with Gasteiger partial charge in [0.25, 0.3) is 0 Å². The Morgan fingerprint density at radius 3 is 2.85 bits per heavy atom. The summed E-state index contributed by atoms with van der Waals surface area (Å²) in [5, 5.41) is 3.53. The first-order valence-corrected chi connectivity index (χ1v) is 8.92. The third-order valence-corrected chi connectivity index (χ3v) is 5.18. The quantitative estimate of drug-likeness (QED) is 0.768. The summed E-state index contributed by atoms with van der Waals surface area (Å²) in [5.41, 5.74) is 4.43. The Bertz CT molecular complexity index is 920. The van der Waals surface area contributed by atoms with Crippen molar-refractivity contribution in [1.82, 2.24) is 24.6 Å². The number of imidazole rings is 1. The molecule has 0 aliphatic carbocycles. The van der Waals surface area contributed by atoms with Gasteiger partial charge in [0.2, 0.25) is 5.91 Å². The van der Waals surface area contributed by atoms with E-state index >= 15 is 0 Å². The van der Waals surface area contributed by atoms with Crippen LogP contribution in [-0.2, 0) is 11.3 Å². The minimum absolute atomic E-state index is 0.0995. The summed E-state index contributed by atoms with van der Waals surface area (Å²) in [7, 11) is 1.89. The Hall–Kier alpha value is -2.73. The van der Waals surface area contributed by atoms with Crippen molar-refractivity contribution in [1.29, 1.82) is 0 Å². The zero-order valence-corrected chi connectivity index (χ0v) is 15.1. The standard InChI is InChI=1S/C20H23N5O/c1-14-3-4-18-23-12-17(25(18)13-14)11-22-10-16-9-19(26)24(2)20(16)15-5-7-21-8-6-15/h3-8,12-13,16,20,22H,9-11H2,1-2H3/t16-,20-/m0/s1. The second-order valence-electron chi connectivity index (χ2n) is 7.01. The van der Waals surface area contributed by atoms with Gasteiger partial charge in [-0.25, -0.2) is 4.98 Å². The zero-order valence-electron chi connectivity index (χ0n) is 15.1. The van der Waals surface area contributed by atoms with E-state index in [9.17, 15) is 4.79 Å². The maximum absolute atomic E-state index is 12.2. The highest BCUT2D eigenvalue weighted by molar-refractivity contribution is 5.79. The Labute approximate surface area is 152 Å². The van der Waals surface area contributed by atoms with Gasteiger partial charge in [0.05, 0.1) is 17.9 Å². The lowest BCUT2D eigenvalue weighted by atomic mass is 9.94. The number of fused-ring (bicyclic) bond motifs is 1. The molecule has 0 bridgehead atoms. The number of rotatable bonds is 5. The summed E-state index contributed by atoms with van der Waals surface area (Å²) < 4.78 is 2.12. The SMILES string of the molecule is Cc1ccc2ncc(CNC[C@@H]3CC(=O)N(C)[C@H]3c3ccncc3)n2c1. The molecule has 1 fully saturated rings. The van der Waals surface area contributed by atoms with Gasteiger partial charge in [-0.05, 0) is 36.2 Å². The number of hydrogen-bond acceptors (Lipinski definition) is 4. The molecule has 1 saturated heterocycles. The fourth-order valence-corrected chi connectivity index (χ4v) is 3.85. The van der Waals surface area contributed by atoms with Crippen LogP contribution in [0, 0.1) is 12.8 Å². The first-order valence-electron chi connectivity index (χ1n) is 8.92. The number of hydrogen-bond donors (Lipinski definition) is 1. The molecule has 6 nitrogen and oxygen atoms in total. The predicted octanol–water partition coefficient (Wildman–Crippen LogP) is 2.35. The van der Waals surface area contributed by atoms with Gasteiger partial charge in [0.15, 0.2) is 0 Å². The Kier molecular flexibility index (Phi) is 4.42. The van der Waals surface area contributed by atoms with E-state index in [-0.39, 0.29) is 17.9 Å². The average Bonchev–Trinajstić information content (AvgIpc) is 3.17. The summed E-state index contributed by atoms with van der Waals surface area (Å²) in [6.45, 7) is 3.58. The van der Waals surface area contributed by atoms with Gasteiger partial charge in [-0.3, -0.25) is 9.78 Å². The first-order chi connectivity index (χ1) is 12.6. The lowest BCUT2D eigenvalue weighted by Crippen LogP contribution is -2.29. The number of aryl methyl sites for hydroxylation is 1. The monoisotopic (exact) mass is 349 g/mol. The molecule has 4 rings (SSSR count). The summed E-state index contributed by atoms with van der Waals surface area (Å²) in [5.74, 6) is 0.444. The van der Waals surface area contributed by atoms with E-state index in [0.29, 0.717) is 6.42 Å². The fraction of sp³-hybridized carbons (Fsp3) is 0.350. The van der Waals surface area contributed by atoms with Crippen LogP contribution in [0.15, 0.2) is 49.1 Å². The number of amides is 1. The van der Waals surface area contributed by atoms with E-state index in [1.165, 1.54) is 5.56 Å². The molecule has 0 saturated carbocycles. The van der Waals surface area contributed by atoms with Crippen molar-refractivity contribution >= 4 is 11.6 Å². The third-order valence-electron chi connectivity index (χ3n) is 5.18. The highest BCUT2D eigenvalue weighted by Crippen LogP contribution is 2.36. The maximum atomic E-state index is 12.2. The van der Waals surface area contributed by atoms with Gasteiger partial charge in [-0.15, -0.1) is 0 Å². The van der Waals surface area contributed by atoms with E-state index in [1.807, 2.05) is 36.3 Å². The van der Waals surface area contributed by atoms with Crippen LogP contribution in [0.5, 0.6) is 0 Å². The Morgan fingerprint density at radius 2 is 2.04 bits per heavy atom. The predicted molar refractivity (Wildman–Crippen MR) is 99.5 cm³/mol. The van der Waals surface area contributed by atoms with Crippen LogP contribution in [0.4, 0.5) is 0 Å². The summed E-state index contributed by atoms with van der Waals surface area (Å²) in [6.07, 6.45) is 8.16. The lowest BCUT2D eigenvalue weighted by Gasteiger charge is -2.25. The Balaban J connectivity index is 1.46. The number of nitrogens with zero attached hydrogens (tertiary/aromatic N) is 4. The van der Waals surface area contributed by atoms with Gasteiger partial charge < -0.3 is 14.6 Å². The molecule has 0 spiro atoms. The molecule has 6 heteroatoms. The number of likely N-dealkylation sites (tertiary alicyclic amines) is 1. The topological polar surface area (TPSA) is 62.5 Å². The van der Waals surface area contributed by atoms with Crippen molar-refractivity contribution in [2.75, 3.05) is 13.6 Å². The molecular formula is C20H23N5O. The normalized spacial score (nSPS) is 20.2. The van der Waals surface area contributed by atoms with Crippen molar-refractivity contribution in [3.05, 3.63) is 65.9 Å². The molecule has 1 aliphatic rings. The van der Waals surface area contributed by atoms with E-state index < -0.39 is 0 Å². The molecule has 1 N–H and O–H groups in total. The number of nitrogens with one attached hydrogen (secondary N) is 1. The van der Waals surface area contributed by atoms with Crippen molar-refractivity contribution < 1.29 is 4.79 Å². The van der Waals surface area contributed by atoms with E-state index in [4.69, 9.17) is 0 Å². The molecule has 2 atom stereocenters. The van der Waals surface area contributed by atoms with Crippen LogP contribution in [0.3, 0.4) is 0 Å². The summed E-state index contributed by atoms with van der Waals surface area (Å²) in [4.78, 5) is 22.6. The van der Waals surface area contributed by atoms with Crippen LogP contribution < -0.4 is 5.32 Å². The number of carbonyl (C=O) groups excluding carboxylic acids is 1. The molecule has 0 radical (unpaired) electrons. The highest BCUT2D eigenvalue weighted by atomic mass is 16.2. The molecule has 26 heavy (non-hydrogen) atoms. The summed E-state index contributed by atoms with van der Waals surface area (Å²) >= 11 is 0. The largest absolute Gasteiger partial charge is 0.338 e. The van der Waals surface area contributed by atoms with Crippen molar-refractivity contribution in [3.8, 4) is 0 Å². The van der Waals surface area contributed by atoms with Crippen molar-refractivity contribution in [3.63, 3.8) is 0 Å². The van der Waals surface area contributed by atoms with E-state index in [0.717, 1.165) is 30.0 Å². The average molecular weight is 349 g/mol. The molecule has 4 heterocycles. The summed E-state index contributed by atoms with van der Waals surface area (Å²) in [6, 6.07) is 8.20. The molecule has 1 amide bonds. The third kappa shape index (κ3) is 3.08. The lowest BCUT2D eigenvalue weighted by molar-refractivity contribution is -0.127. The minimum atomic E-state index is 0.0995. The van der Waals surface area contributed by atoms with Crippen LogP contribution in [-0.4, -0.2) is 38.8 Å². The smallest absolute Gasteiger partial charge is 0.223 e. The number of aromatic nitrogens is 3. The van der Waals surface area contributed by atoms with Gasteiger partial charge >= 0.3 is 0 Å². The minimum Gasteiger partial charge on any atom is -0.338 e. The highest BCUT2D eigenvalue weighted by Gasteiger charge is 2.37. The van der Waals surface area contributed by atoms with Gasteiger partial charge in [-0.1, -0.05) is 6.07 Å². The van der Waals surface area contributed by atoms with Gasteiger partial charge in [0, 0.05) is 51.1 Å². The number of carbonyl (C=O) groups is 1. The maximum Gasteiger partial charge on any atom is 0.223 e. The number of pyridine rings is 2. The van der Waals surface area contributed by atoms with Gasteiger partial charge in [0.1, 0.15) is 5.65 Å². The second-order valence-corrected chi connectivity index (χ2v) is 7.01. The fourth-order valence-electron chi connectivity index (χ4n) is 3.85. The zero-order chi connectivity index (χ0) is 18.1. The molecule has 134 valence electrons. The van der Waals surface area contributed by atoms with Crippen molar-refractivity contribution in [2.45, 2.75) is 25.9 Å². The molecular weight excluding hydrogens is 326 g/mol. The molecule has 3 aromatic rings. The first kappa shape index (κ1) is 16.7.